The van der Waals surface area contributed by atoms with Crippen LogP contribution in [0.3, 0.4) is 0 Å². The minimum absolute atomic E-state index is 0.0624. The summed E-state index contributed by atoms with van der Waals surface area (Å²) in [7, 11) is 0. The van der Waals surface area contributed by atoms with E-state index in [9.17, 15) is 15.2 Å². The van der Waals surface area contributed by atoms with Crippen LogP contribution in [0.1, 0.15) is 48.4 Å². The first kappa shape index (κ1) is 18.2. The van der Waals surface area contributed by atoms with Gasteiger partial charge in [0.2, 0.25) is 5.88 Å². The number of pyridine rings is 1. The van der Waals surface area contributed by atoms with E-state index in [1.807, 2.05) is 19.1 Å². The van der Waals surface area contributed by atoms with Crippen molar-refractivity contribution >= 4 is 23.0 Å². The number of rotatable bonds is 3. The third-order valence-electron chi connectivity index (χ3n) is 4.83. The van der Waals surface area contributed by atoms with Gasteiger partial charge in [0.05, 0.1) is 5.69 Å². The molecule has 0 spiro atoms. The Kier molecular flexibility index (Phi) is 5.10. The minimum atomic E-state index is -0.423. The van der Waals surface area contributed by atoms with Crippen LogP contribution in [0.5, 0.6) is 5.88 Å². The molecule has 0 aliphatic heterocycles. The molecule has 26 heavy (non-hydrogen) atoms. The Morgan fingerprint density at radius 2 is 1.96 bits per heavy atom. The van der Waals surface area contributed by atoms with Gasteiger partial charge < -0.3 is 5.11 Å². The summed E-state index contributed by atoms with van der Waals surface area (Å²) in [6.07, 6.45) is 3.58. The third-order valence-corrected chi connectivity index (χ3v) is 5.23. The van der Waals surface area contributed by atoms with Gasteiger partial charge in [0.1, 0.15) is 11.6 Å². The molecule has 0 radical (unpaired) electrons. The van der Waals surface area contributed by atoms with Gasteiger partial charge in [-0.2, -0.15) is 10.4 Å². The molecule has 1 N–H and O–H groups in total. The topological polar surface area (TPSA) is 90.7 Å². The summed E-state index contributed by atoms with van der Waals surface area (Å²) in [4.78, 5) is 12.9. The lowest BCUT2D eigenvalue weighted by Crippen LogP contribution is -2.24. The molecular formula is C19H19ClN4O2. The van der Waals surface area contributed by atoms with E-state index in [0.29, 0.717) is 16.3 Å². The van der Waals surface area contributed by atoms with E-state index in [-0.39, 0.29) is 23.2 Å². The van der Waals surface area contributed by atoms with Gasteiger partial charge in [-0.3, -0.25) is 9.36 Å². The number of aromatic hydroxyl groups is 1. The zero-order chi connectivity index (χ0) is 18.8. The van der Waals surface area contributed by atoms with Crippen LogP contribution in [0.15, 0.2) is 33.2 Å². The lowest BCUT2D eigenvalue weighted by atomic mass is 10.1. The summed E-state index contributed by atoms with van der Waals surface area (Å²) >= 11 is 6.09. The van der Waals surface area contributed by atoms with Crippen molar-refractivity contribution in [2.24, 2.45) is 10.2 Å². The number of hydrogen-bond acceptors (Lipinski definition) is 5. The maximum Gasteiger partial charge on any atom is 0.281 e. The molecule has 1 fully saturated rings. The summed E-state index contributed by atoms with van der Waals surface area (Å²) in [5.74, 6) is -0.278. The van der Waals surface area contributed by atoms with E-state index >= 15 is 0 Å². The van der Waals surface area contributed by atoms with Gasteiger partial charge in [0.15, 0.2) is 5.69 Å². The minimum Gasteiger partial charge on any atom is -0.493 e. The predicted octanol–water partition coefficient (Wildman–Crippen LogP) is 5.23. The number of halogens is 1. The second-order valence-corrected chi connectivity index (χ2v) is 6.94. The molecule has 7 heteroatoms. The monoisotopic (exact) mass is 370 g/mol. The van der Waals surface area contributed by atoms with Gasteiger partial charge in [-0.25, -0.2) is 0 Å². The fraction of sp³-hybridized carbons (Fsp3) is 0.368. The van der Waals surface area contributed by atoms with E-state index in [1.54, 1.807) is 19.1 Å². The van der Waals surface area contributed by atoms with Gasteiger partial charge in [0.25, 0.3) is 5.56 Å². The molecular weight excluding hydrogens is 352 g/mol. The Bertz CT molecular complexity index is 982. The number of aryl methyl sites for hydroxylation is 1. The van der Waals surface area contributed by atoms with Gasteiger partial charge >= 0.3 is 0 Å². The van der Waals surface area contributed by atoms with Crippen LogP contribution in [0.25, 0.3) is 0 Å². The second kappa shape index (κ2) is 7.30. The van der Waals surface area contributed by atoms with Gasteiger partial charge in [-0.15, -0.1) is 5.11 Å². The first-order valence-corrected chi connectivity index (χ1v) is 8.88. The number of aromatic nitrogens is 1. The van der Waals surface area contributed by atoms with Crippen molar-refractivity contribution in [3.63, 3.8) is 0 Å². The molecule has 0 saturated heterocycles. The SMILES string of the molecule is Cc1ccc(N=Nc2c(C)c(C#N)c(O)n(C3CCCC3)c2=O)cc1Cl. The lowest BCUT2D eigenvalue weighted by Gasteiger charge is -2.18. The van der Waals surface area contributed by atoms with E-state index in [4.69, 9.17) is 11.6 Å². The molecule has 0 unspecified atom stereocenters. The summed E-state index contributed by atoms with van der Waals surface area (Å²) in [5.41, 5.74) is 1.47. The molecule has 1 saturated carbocycles. The Labute approximate surface area is 156 Å². The standard InChI is InChI=1S/C19H19ClN4O2/c1-11-7-8-13(9-16(11)20)22-23-17-12(2)15(10-21)18(25)24(19(17)26)14-5-3-4-6-14/h7-9,14,25H,3-6H2,1-2H3. The third kappa shape index (κ3) is 3.23. The van der Waals surface area contributed by atoms with Crippen molar-refractivity contribution in [3.8, 4) is 11.9 Å². The Morgan fingerprint density at radius 3 is 2.58 bits per heavy atom. The van der Waals surface area contributed by atoms with Crippen molar-refractivity contribution in [2.45, 2.75) is 45.6 Å². The highest BCUT2D eigenvalue weighted by atomic mass is 35.5. The van der Waals surface area contributed by atoms with Gasteiger partial charge in [0, 0.05) is 16.6 Å². The molecule has 1 aromatic carbocycles. The zero-order valence-corrected chi connectivity index (χ0v) is 15.4. The van der Waals surface area contributed by atoms with Gasteiger partial charge in [-0.05, 0) is 44.4 Å². The average molecular weight is 371 g/mol. The highest BCUT2D eigenvalue weighted by molar-refractivity contribution is 6.31. The second-order valence-electron chi connectivity index (χ2n) is 6.53. The van der Waals surface area contributed by atoms with E-state index in [2.05, 4.69) is 10.2 Å². The van der Waals surface area contributed by atoms with Crippen molar-refractivity contribution in [2.75, 3.05) is 0 Å². The van der Waals surface area contributed by atoms with E-state index in [1.165, 1.54) is 4.57 Å². The number of benzene rings is 1. The largest absolute Gasteiger partial charge is 0.493 e. The molecule has 0 bridgehead atoms. The molecule has 2 aromatic rings. The summed E-state index contributed by atoms with van der Waals surface area (Å²) < 4.78 is 1.30. The fourth-order valence-electron chi connectivity index (χ4n) is 3.28. The Hall–Kier alpha value is -2.65. The maximum atomic E-state index is 12.9. The fourth-order valence-corrected chi connectivity index (χ4v) is 3.46. The lowest BCUT2D eigenvalue weighted by molar-refractivity contribution is 0.368. The maximum absolute atomic E-state index is 12.9. The van der Waals surface area contributed by atoms with Crippen LogP contribution in [-0.2, 0) is 0 Å². The normalized spacial score (nSPS) is 14.8. The van der Waals surface area contributed by atoms with E-state index in [0.717, 1.165) is 31.2 Å². The van der Waals surface area contributed by atoms with Crippen LogP contribution in [0.4, 0.5) is 11.4 Å². The smallest absolute Gasteiger partial charge is 0.281 e. The number of azo groups is 1. The van der Waals surface area contributed by atoms with Crippen LogP contribution in [-0.4, -0.2) is 9.67 Å². The quantitative estimate of drug-likeness (QED) is 0.750. The first-order valence-electron chi connectivity index (χ1n) is 8.50. The Balaban J connectivity index is 2.12. The van der Waals surface area contributed by atoms with Crippen molar-refractivity contribution < 1.29 is 5.11 Å². The summed E-state index contributed by atoms with van der Waals surface area (Å²) in [6, 6.07) is 7.10. The molecule has 1 aliphatic rings. The molecule has 0 atom stereocenters. The Morgan fingerprint density at radius 1 is 1.27 bits per heavy atom. The molecule has 3 rings (SSSR count). The van der Waals surface area contributed by atoms with E-state index < -0.39 is 5.56 Å². The van der Waals surface area contributed by atoms with Crippen LogP contribution in [0, 0.1) is 25.2 Å². The molecule has 134 valence electrons. The number of hydrogen-bond donors (Lipinski definition) is 1. The van der Waals surface area contributed by atoms with Gasteiger partial charge in [-0.1, -0.05) is 30.5 Å². The predicted molar refractivity (Wildman–Crippen MR) is 99.7 cm³/mol. The molecule has 1 heterocycles. The highest BCUT2D eigenvalue weighted by Gasteiger charge is 2.26. The average Bonchev–Trinajstić information content (AvgIpc) is 3.12. The van der Waals surface area contributed by atoms with Crippen molar-refractivity contribution in [3.05, 3.63) is 50.3 Å². The van der Waals surface area contributed by atoms with Crippen molar-refractivity contribution in [1.29, 1.82) is 5.26 Å². The highest BCUT2D eigenvalue weighted by Crippen LogP contribution is 2.35. The molecule has 1 aromatic heterocycles. The summed E-state index contributed by atoms with van der Waals surface area (Å²) in [6.45, 7) is 3.47. The van der Waals surface area contributed by atoms with Crippen LogP contribution in [0.2, 0.25) is 5.02 Å². The molecule has 1 aliphatic carbocycles. The molecule has 0 amide bonds. The van der Waals surface area contributed by atoms with Crippen molar-refractivity contribution in [1.82, 2.24) is 4.57 Å². The van der Waals surface area contributed by atoms with Crippen LogP contribution < -0.4 is 5.56 Å². The number of nitrogens with zero attached hydrogens (tertiary/aromatic N) is 4. The zero-order valence-electron chi connectivity index (χ0n) is 14.7. The summed E-state index contributed by atoms with van der Waals surface area (Å²) in [5, 5.41) is 28.6. The number of nitriles is 1. The molecule has 6 nitrogen and oxygen atoms in total. The first-order chi connectivity index (χ1) is 12.4. The van der Waals surface area contributed by atoms with Crippen LogP contribution >= 0.6 is 11.6 Å².